The zero-order valence-corrected chi connectivity index (χ0v) is 8.60. The number of rotatable bonds is 4. The fourth-order valence-electron chi connectivity index (χ4n) is 0.874. The number of aromatic nitrogens is 1. The Labute approximate surface area is 93.9 Å². The SMILES string of the molecule is N#Cc1cnc(SCC(=O)O)c([N+](=O)[O-])c1. The Morgan fingerprint density at radius 2 is 2.44 bits per heavy atom. The Balaban J connectivity index is 3.04. The smallest absolute Gasteiger partial charge is 0.313 e. The van der Waals surface area contributed by atoms with Crippen molar-refractivity contribution in [2.75, 3.05) is 5.75 Å². The second kappa shape index (κ2) is 5.09. The number of carboxylic acids is 1. The van der Waals surface area contributed by atoms with E-state index < -0.39 is 10.9 Å². The Morgan fingerprint density at radius 1 is 1.75 bits per heavy atom. The van der Waals surface area contributed by atoms with Crippen LogP contribution < -0.4 is 0 Å². The number of hydrogen-bond donors (Lipinski definition) is 1. The topological polar surface area (TPSA) is 117 Å². The number of carboxylic acid groups (broad SMARTS) is 1. The number of nitro groups is 1. The number of nitrogens with zero attached hydrogens (tertiary/aromatic N) is 3. The second-order valence-electron chi connectivity index (χ2n) is 2.60. The molecule has 0 saturated carbocycles. The lowest BCUT2D eigenvalue weighted by Gasteiger charge is -1.99. The minimum absolute atomic E-state index is 0.00796. The lowest BCUT2D eigenvalue weighted by Crippen LogP contribution is -2.00. The molecule has 1 aromatic rings. The first-order valence-electron chi connectivity index (χ1n) is 3.93. The molecule has 0 fully saturated rings. The van der Waals surface area contributed by atoms with E-state index in [1.165, 1.54) is 0 Å². The van der Waals surface area contributed by atoms with Crippen molar-refractivity contribution in [3.05, 3.63) is 27.9 Å². The standard InChI is InChI=1S/C8H5N3O4S/c9-2-5-1-6(11(14)15)8(10-3-5)16-4-7(12)13/h1,3H,4H2,(H,12,13). The largest absolute Gasteiger partial charge is 0.481 e. The molecular weight excluding hydrogens is 234 g/mol. The van der Waals surface area contributed by atoms with Crippen molar-refractivity contribution >= 4 is 23.4 Å². The summed E-state index contributed by atoms with van der Waals surface area (Å²) < 4.78 is 0. The molecule has 1 heterocycles. The lowest BCUT2D eigenvalue weighted by atomic mass is 10.3. The van der Waals surface area contributed by atoms with E-state index >= 15 is 0 Å². The van der Waals surface area contributed by atoms with Crippen LogP contribution in [0.5, 0.6) is 0 Å². The van der Waals surface area contributed by atoms with E-state index in [1.54, 1.807) is 6.07 Å². The number of pyridine rings is 1. The first-order chi connectivity index (χ1) is 7.54. The van der Waals surface area contributed by atoms with Gasteiger partial charge in [-0.15, -0.1) is 0 Å². The van der Waals surface area contributed by atoms with Crippen LogP contribution in [0.3, 0.4) is 0 Å². The molecule has 0 aliphatic heterocycles. The normalized spacial score (nSPS) is 9.44. The van der Waals surface area contributed by atoms with Crippen LogP contribution in [0, 0.1) is 21.4 Å². The third kappa shape index (κ3) is 2.93. The van der Waals surface area contributed by atoms with Crippen molar-refractivity contribution in [3.8, 4) is 6.07 Å². The molecule has 0 saturated heterocycles. The molecular formula is C8H5N3O4S. The first-order valence-corrected chi connectivity index (χ1v) is 4.92. The zero-order valence-electron chi connectivity index (χ0n) is 7.78. The number of aliphatic carboxylic acids is 1. The molecule has 0 spiro atoms. The van der Waals surface area contributed by atoms with Crippen LogP contribution in [0.25, 0.3) is 0 Å². The Morgan fingerprint density at radius 3 is 2.94 bits per heavy atom. The fourth-order valence-corrected chi connectivity index (χ4v) is 1.54. The zero-order chi connectivity index (χ0) is 12.1. The summed E-state index contributed by atoms with van der Waals surface area (Å²) in [6.45, 7) is 0. The van der Waals surface area contributed by atoms with Crippen molar-refractivity contribution in [2.45, 2.75) is 5.03 Å². The highest BCUT2D eigenvalue weighted by Crippen LogP contribution is 2.27. The summed E-state index contributed by atoms with van der Waals surface area (Å²) in [5, 5.41) is 27.6. The van der Waals surface area contributed by atoms with Gasteiger partial charge in [-0.3, -0.25) is 14.9 Å². The van der Waals surface area contributed by atoms with E-state index in [2.05, 4.69) is 4.98 Å². The van der Waals surface area contributed by atoms with Crippen LogP contribution in [-0.2, 0) is 4.79 Å². The summed E-state index contributed by atoms with van der Waals surface area (Å²) in [5.41, 5.74) is -0.295. The minimum Gasteiger partial charge on any atom is -0.481 e. The predicted molar refractivity (Wildman–Crippen MR) is 54.0 cm³/mol. The van der Waals surface area contributed by atoms with E-state index in [0.717, 1.165) is 24.0 Å². The average Bonchev–Trinajstić information content (AvgIpc) is 2.25. The molecule has 8 heteroatoms. The highest BCUT2D eigenvalue weighted by Gasteiger charge is 2.17. The third-order valence-corrected chi connectivity index (χ3v) is 2.47. The quantitative estimate of drug-likeness (QED) is 0.473. The second-order valence-corrected chi connectivity index (χ2v) is 3.56. The van der Waals surface area contributed by atoms with Gasteiger partial charge in [-0.2, -0.15) is 5.26 Å². The summed E-state index contributed by atoms with van der Waals surface area (Å²) in [6.07, 6.45) is 1.16. The third-order valence-electron chi connectivity index (χ3n) is 1.49. The molecule has 16 heavy (non-hydrogen) atoms. The molecule has 1 N–H and O–H groups in total. The Kier molecular flexibility index (Phi) is 3.79. The average molecular weight is 239 g/mol. The molecule has 0 amide bonds. The van der Waals surface area contributed by atoms with E-state index in [9.17, 15) is 14.9 Å². The lowest BCUT2D eigenvalue weighted by molar-refractivity contribution is -0.388. The van der Waals surface area contributed by atoms with Crippen LogP contribution in [-0.4, -0.2) is 26.7 Å². The van der Waals surface area contributed by atoms with E-state index in [0.29, 0.717) is 0 Å². The molecule has 1 rings (SSSR count). The number of carbonyl (C=O) groups is 1. The van der Waals surface area contributed by atoms with Crippen molar-refractivity contribution in [2.24, 2.45) is 0 Å². The molecule has 0 aliphatic carbocycles. The molecule has 0 bridgehead atoms. The van der Waals surface area contributed by atoms with E-state index in [1.807, 2.05) is 0 Å². The Bertz CT molecular complexity index is 483. The number of hydrogen-bond acceptors (Lipinski definition) is 6. The number of thioether (sulfide) groups is 1. The highest BCUT2D eigenvalue weighted by molar-refractivity contribution is 8.00. The van der Waals surface area contributed by atoms with Gasteiger partial charge < -0.3 is 5.11 Å². The van der Waals surface area contributed by atoms with Gasteiger partial charge >= 0.3 is 11.7 Å². The molecule has 1 aromatic heterocycles. The maximum Gasteiger partial charge on any atom is 0.313 e. The van der Waals surface area contributed by atoms with Gasteiger partial charge in [0.15, 0.2) is 5.03 Å². The van der Waals surface area contributed by atoms with Crippen LogP contribution in [0.4, 0.5) is 5.69 Å². The van der Waals surface area contributed by atoms with Gasteiger partial charge in [0, 0.05) is 12.3 Å². The molecule has 0 aromatic carbocycles. The molecule has 7 nitrogen and oxygen atoms in total. The van der Waals surface area contributed by atoms with E-state index in [-0.39, 0.29) is 22.0 Å². The van der Waals surface area contributed by atoms with Gasteiger partial charge in [0.25, 0.3) is 0 Å². The molecule has 0 radical (unpaired) electrons. The molecule has 82 valence electrons. The summed E-state index contributed by atoms with van der Waals surface area (Å²) >= 11 is 0.741. The van der Waals surface area contributed by atoms with Gasteiger partial charge in [-0.05, 0) is 0 Å². The van der Waals surface area contributed by atoms with Crippen molar-refractivity contribution in [1.29, 1.82) is 5.26 Å². The maximum absolute atomic E-state index is 10.6. The summed E-state index contributed by atoms with van der Waals surface area (Å²) in [6, 6.07) is 2.79. The maximum atomic E-state index is 10.6. The first kappa shape index (κ1) is 11.9. The van der Waals surface area contributed by atoms with Gasteiger partial charge in [-0.25, -0.2) is 4.98 Å². The molecule has 0 unspecified atom stereocenters. The van der Waals surface area contributed by atoms with Gasteiger partial charge in [0.1, 0.15) is 6.07 Å². The van der Waals surface area contributed by atoms with Crippen LogP contribution in [0.2, 0.25) is 0 Å². The Hall–Kier alpha value is -2.14. The van der Waals surface area contributed by atoms with Crippen LogP contribution in [0.15, 0.2) is 17.3 Å². The van der Waals surface area contributed by atoms with Gasteiger partial charge in [0.2, 0.25) is 0 Å². The summed E-state index contributed by atoms with van der Waals surface area (Å²) in [5.74, 6) is -1.41. The summed E-state index contributed by atoms with van der Waals surface area (Å²) in [7, 11) is 0. The monoisotopic (exact) mass is 239 g/mol. The minimum atomic E-state index is -1.09. The van der Waals surface area contributed by atoms with Crippen molar-refractivity contribution in [1.82, 2.24) is 4.98 Å². The van der Waals surface area contributed by atoms with Gasteiger partial charge in [-0.1, -0.05) is 11.8 Å². The van der Waals surface area contributed by atoms with Gasteiger partial charge in [0.05, 0.1) is 16.2 Å². The van der Waals surface area contributed by atoms with E-state index in [4.69, 9.17) is 10.4 Å². The number of nitriles is 1. The molecule has 0 atom stereocenters. The fraction of sp³-hybridized carbons (Fsp3) is 0.125. The predicted octanol–water partition coefficient (Wildman–Crippen LogP) is 1.04. The summed E-state index contributed by atoms with van der Waals surface area (Å²) in [4.78, 5) is 23.9. The van der Waals surface area contributed by atoms with Crippen molar-refractivity contribution < 1.29 is 14.8 Å². The molecule has 0 aliphatic rings. The van der Waals surface area contributed by atoms with Crippen LogP contribution in [0.1, 0.15) is 5.56 Å². The van der Waals surface area contributed by atoms with Crippen LogP contribution >= 0.6 is 11.8 Å². The van der Waals surface area contributed by atoms with Crippen molar-refractivity contribution in [3.63, 3.8) is 0 Å². The highest BCUT2D eigenvalue weighted by atomic mass is 32.2.